The molecule has 2 aliphatic rings. The average molecular weight is 226 g/mol. The molecule has 94 valence electrons. The summed E-state index contributed by atoms with van der Waals surface area (Å²) in [7, 11) is 0. The first kappa shape index (κ1) is 12.3. The summed E-state index contributed by atoms with van der Waals surface area (Å²) in [5, 5.41) is 3.67. The Morgan fingerprint density at radius 3 is 2.75 bits per heavy atom. The van der Waals surface area contributed by atoms with Gasteiger partial charge in [-0.05, 0) is 38.6 Å². The Kier molecular flexibility index (Phi) is 4.22. The van der Waals surface area contributed by atoms with Gasteiger partial charge in [-0.3, -0.25) is 0 Å². The van der Waals surface area contributed by atoms with Gasteiger partial charge < -0.3 is 15.8 Å². The van der Waals surface area contributed by atoms with Crippen molar-refractivity contribution in [3.05, 3.63) is 0 Å². The van der Waals surface area contributed by atoms with E-state index >= 15 is 0 Å². The molecule has 3 nitrogen and oxygen atoms in total. The minimum absolute atomic E-state index is 0.0834. The topological polar surface area (TPSA) is 47.3 Å². The second-order valence-corrected chi connectivity index (χ2v) is 5.69. The number of nitrogens with two attached hydrogens (primary N) is 1. The molecule has 2 fully saturated rings. The van der Waals surface area contributed by atoms with Gasteiger partial charge in [0.25, 0.3) is 0 Å². The minimum atomic E-state index is 0.0834. The van der Waals surface area contributed by atoms with Crippen LogP contribution in [0.5, 0.6) is 0 Å². The molecule has 1 aliphatic carbocycles. The van der Waals surface area contributed by atoms with E-state index in [9.17, 15) is 0 Å². The van der Waals surface area contributed by atoms with Gasteiger partial charge in [0, 0.05) is 24.6 Å². The molecule has 16 heavy (non-hydrogen) atoms. The number of hydrogen-bond acceptors (Lipinski definition) is 3. The summed E-state index contributed by atoms with van der Waals surface area (Å²) in [6.07, 6.45) is 6.78. The second-order valence-electron chi connectivity index (χ2n) is 5.69. The van der Waals surface area contributed by atoms with Crippen LogP contribution >= 0.6 is 0 Å². The SMILES string of the molecule is CC(CN)(NCCCC1CC1)C1CCOC1. The van der Waals surface area contributed by atoms with Crippen molar-refractivity contribution >= 4 is 0 Å². The van der Waals surface area contributed by atoms with Crippen LogP contribution in [0.1, 0.15) is 39.0 Å². The molecule has 0 radical (unpaired) electrons. The van der Waals surface area contributed by atoms with Crippen molar-refractivity contribution in [2.75, 3.05) is 26.3 Å². The summed E-state index contributed by atoms with van der Waals surface area (Å²) < 4.78 is 5.46. The third-order valence-electron chi connectivity index (χ3n) is 4.27. The van der Waals surface area contributed by atoms with Gasteiger partial charge in [0.1, 0.15) is 0 Å². The predicted octanol–water partition coefficient (Wildman–Crippen LogP) is 1.52. The second kappa shape index (κ2) is 5.48. The smallest absolute Gasteiger partial charge is 0.0513 e. The Labute approximate surface area is 99.1 Å². The Balaban J connectivity index is 1.69. The molecule has 0 spiro atoms. The maximum absolute atomic E-state index is 5.92. The van der Waals surface area contributed by atoms with E-state index < -0.39 is 0 Å². The van der Waals surface area contributed by atoms with Crippen LogP contribution in [0, 0.1) is 11.8 Å². The number of rotatable bonds is 7. The molecule has 0 aromatic heterocycles. The zero-order chi connectivity index (χ0) is 11.4. The third kappa shape index (κ3) is 3.19. The van der Waals surface area contributed by atoms with Gasteiger partial charge in [-0.2, -0.15) is 0 Å². The first-order chi connectivity index (χ1) is 7.74. The Hall–Kier alpha value is -0.120. The fourth-order valence-corrected chi connectivity index (χ4v) is 2.59. The molecule has 1 heterocycles. The van der Waals surface area contributed by atoms with E-state index in [1.54, 1.807) is 0 Å². The molecule has 2 rings (SSSR count). The molecule has 0 aromatic carbocycles. The molecule has 0 bridgehead atoms. The van der Waals surface area contributed by atoms with Gasteiger partial charge in [-0.25, -0.2) is 0 Å². The summed E-state index contributed by atoms with van der Waals surface area (Å²) in [6, 6.07) is 0. The Morgan fingerprint density at radius 1 is 1.38 bits per heavy atom. The van der Waals surface area contributed by atoms with Crippen LogP contribution in [0.2, 0.25) is 0 Å². The van der Waals surface area contributed by atoms with Crippen molar-refractivity contribution < 1.29 is 4.74 Å². The minimum Gasteiger partial charge on any atom is -0.381 e. The van der Waals surface area contributed by atoms with E-state index in [1.165, 1.54) is 25.7 Å². The highest BCUT2D eigenvalue weighted by Gasteiger charge is 2.35. The molecular formula is C13H26N2O. The largest absolute Gasteiger partial charge is 0.381 e. The van der Waals surface area contributed by atoms with Gasteiger partial charge in [-0.1, -0.05) is 12.8 Å². The summed E-state index contributed by atoms with van der Waals surface area (Å²) >= 11 is 0. The van der Waals surface area contributed by atoms with E-state index in [-0.39, 0.29) is 5.54 Å². The zero-order valence-electron chi connectivity index (χ0n) is 10.5. The highest BCUT2D eigenvalue weighted by atomic mass is 16.5. The molecule has 0 aromatic rings. The van der Waals surface area contributed by atoms with Crippen LogP contribution in [0.25, 0.3) is 0 Å². The maximum atomic E-state index is 5.92. The quantitative estimate of drug-likeness (QED) is 0.647. The molecule has 2 unspecified atom stereocenters. The molecule has 0 amide bonds. The lowest BCUT2D eigenvalue weighted by atomic mass is 9.85. The Morgan fingerprint density at radius 2 is 2.19 bits per heavy atom. The van der Waals surface area contributed by atoms with Gasteiger partial charge >= 0.3 is 0 Å². The lowest BCUT2D eigenvalue weighted by Crippen LogP contribution is -2.54. The number of ether oxygens (including phenoxy) is 1. The van der Waals surface area contributed by atoms with E-state index in [4.69, 9.17) is 10.5 Å². The van der Waals surface area contributed by atoms with Gasteiger partial charge in [-0.15, -0.1) is 0 Å². The van der Waals surface area contributed by atoms with Crippen molar-refractivity contribution in [2.24, 2.45) is 17.6 Å². The van der Waals surface area contributed by atoms with Crippen LogP contribution in [-0.4, -0.2) is 31.8 Å². The molecule has 1 saturated heterocycles. The van der Waals surface area contributed by atoms with E-state index in [0.717, 1.165) is 32.1 Å². The van der Waals surface area contributed by atoms with Crippen LogP contribution in [0.3, 0.4) is 0 Å². The standard InChI is InChI=1S/C13H26N2O/c1-13(10-14,12-6-8-16-9-12)15-7-2-3-11-4-5-11/h11-12,15H,2-10,14H2,1H3. The predicted molar refractivity (Wildman–Crippen MR) is 66.3 cm³/mol. The van der Waals surface area contributed by atoms with Crippen LogP contribution in [0.15, 0.2) is 0 Å². The summed E-state index contributed by atoms with van der Waals surface area (Å²) in [5.74, 6) is 1.64. The number of nitrogens with one attached hydrogen (secondary N) is 1. The van der Waals surface area contributed by atoms with E-state index in [2.05, 4.69) is 12.2 Å². The van der Waals surface area contributed by atoms with Crippen molar-refractivity contribution in [3.8, 4) is 0 Å². The van der Waals surface area contributed by atoms with E-state index in [1.807, 2.05) is 0 Å². The van der Waals surface area contributed by atoms with Gasteiger partial charge in [0.15, 0.2) is 0 Å². The first-order valence-corrected chi connectivity index (χ1v) is 6.77. The molecule has 1 saturated carbocycles. The Bertz CT molecular complexity index is 212. The van der Waals surface area contributed by atoms with Crippen LogP contribution < -0.4 is 11.1 Å². The zero-order valence-corrected chi connectivity index (χ0v) is 10.5. The highest BCUT2D eigenvalue weighted by Crippen LogP contribution is 2.33. The normalized spacial score (nSPS) is 29.2. The summed E-state index contributed by atoms with van der Waals surface area (Å²) in [5.41, 5.74) is 6.01. The first-order valence-electron chi connectivity index (χ1n) is 6.77. The van der Waals surface area contributed by atoms with Crippen molar-refractivity contribution in [2.45, 2.75) is 44.6 Å². The monoisotopic (exact) mass is 226 g/mol. The van der Waals surface area contributed by atoms with E-state index in [0.29, 0.717) is 12.5 Å². The molecular weight excluding hydrogens is 200 g/mol. The van der Waals surface area contributed by atoms with Gasteiger partial charge in [0.2, 0.25) is 0 Å². The average Bonchev–Trinajstić information content (AvgIpc) is 2.95. The lowest BCUT2D eigenvalue weighted by Gasteiger charge is -2.35. The van der Waals surface area contributed by atoms with Crippen LogP contribution in [0.4, 0.5) is 0 Å². The van der Waals surface area contributed by atoms with Crippen molar-refractivity contribution in [1.29, 1.82) is 0 Å². The van der Waals surface area contributed by atoms with Crippen LogP contribution in [-0.2, 0) is 4.74 Å². The fourth-order valence-electron chi connectivity index (χ4n) is 2.59. The molecule has 3 heteroatoms. The molecule has 1 aliphatic heterocycles. The highest BCUT2D eigenvalue weighted by molar-refractivity contribution is 4.93. The maximum Gasteiger partial charge on any atom is 0.0513 e. The number of hydrogen-bond donors (Lipinski definition) is 2. The third-order valence-corrected chi connectivity index (χ3v) is 4.27. The van der Waals surface area contributed by atoms with Crippen molar-refractivity contribution in [3.63, 3.8) is 0 Å². The van der Waals surface area contributed by atoms with Gasteiger partial charge in [0.05, 0.1) is 6.61 Å². The van der Waals surface area contributed by atoms with Crippen molar-refractivity contribution in [1.82, 2.24) is 5.32 Å². The fraction of sp³-hybridized carbons (Fsp3) is 1.00. The summed E-state index contributed by atoms with van der Waals surface area (Å²) in [4.78, 5) is 0. The summed E-state index contributed by atoms with van der Waals surface area (Å²) in [6.45, 7) is 5.86. The lowest BCUT2D eigenvalue weighted by molar-refractivity contribution is 0.154. The molecule has 2 atom stereocenters. The molecule has 3 N–H and O–H groups in total.